The Hall–Kier alpha value is -2.01. The molecule has 0 saturated carbocycles. The number of carbonyl (C=O) groups excluding carboxylic acids is 1. The highest BCUT2D eigenvalue weighted by molar-refractivity contribution is 5.83. The number of aromatic nitrogens is 1. The van der Waals surface area contributed by atoms with E-state index in [9.17, 15) is 9.90 Å². The van der Waals surface area contributed by atoms with Crippen molar-refractivity contribution < 1.29 is 14.6 Å². The lowest BCUT2D eigenvalue weighted by Gasteiger charge is -2.22. The van der Waals surface area contributed by atoms with Crippen molar-refractivity contribution in [3.8, 4) is 0 Å². The minimum atomic E-state index is -0.551. The fourth-order valence-electron chi connectivity index (χ4n) is 2.20. The van der Waals surface area contributed by atoms with Crippen molar-refractivity contribution in [3.05, 3.63) is 36.0 Å². The molecule has 0 bridgehead atoms. The molecule has 0 aliphatic carbocycles. The van der Waals surface area contributed by atoms with Gasteiger partial charge in [-0.05, 0) is 38.8 Å². The normalized spacial score (nSPS) is 13.1. The molecule has 0 radical (unpaired) electrons. The minimum Gasteiger partial charge on any atom is -0.444 e. The summed E-state index contributed by atoms with van der Waals surface area (Å²) in [7, 11) is 0. The highest BCUT2D eigenvalue weighted by Gasteiger charge is 2.20. The predicted octanol–water partition coefficient (Wildman–Crippen LogP) is 2.60. The molecule has 3 N–H and O–H groups in total. The molecule has 0 fully saturated rings. The number of carbonyl (C=O) groups is 1. The molecule has 2 aromatic rings. The zero-order valence-corrected chi connectivity index (χ0v) is 12.6. The first-order valence-corrected chi connectivity index (χ1v) is 7.04. The number of amides is 1. The number of hydrogen-bond donors (Lipinski definition) is 3. The fraction of sp³-hybridized carbons (Fsp3) is 0.438. The van der Waals surface area contributed by atoms with Crippen molar-refractivity contribution in [2.45, 2.75) is 38.8 Å². The standard InChI is InChI=1S/C16H22N2O3/c1-16(2,3)21-15(20)18-12(10-19)8-11-9-17-14-7-5-4-6-13(11)14/h4-7,9,12,17,19H,8,10H2,1-3H3,(H,18,20)/t12-/m0/s1. The highest BCUT2D eigenvalue weighted by Crippen LogP contribution is 2.19. The van der Waals surface area contributed by atoms with Crippen LogP contribution in [0.2, 0.25) is 0 Å². The summed E-state index contributed by atoms with van der Waals surface area (Å²) in [6, 6.07) is 7.57. The van der Waals surface area contributed by atoms with Crippen LogP contribution in [0.5, 0.6) is 0 Å². The second-order valence-corrected chi connectivity index (χ2v) is 6.09. The van der Waals surface area contributed by atoms with Crippen molar-refractivity contribution in [1.29, 1.82) is 0 Å². The van der Waals surface area contributed by atoms with E-state index in [2.05, 4.69) is 10.3 Å². The molecule has 2 rings (SSSR count). The van der Waals surface area contributed by atoms with Gasteiger partial charge in [0.1, 0.15) is 5.60 Å². The van der Waals surface area contributed by atoms with E-state index < -0.39 is 11.7 Å². The zero-order valence-electron chi connectivity index (χ0n) is 12.6. The van der Waals surface area contributed by atoms with Crippen molar-refractivity contribution in [3.63, 3.8) is 0 Å². The Labute approximate surface area is 124 Å². The van der Waals surface area contributed by atoms with Crippen LogP contribution in [0.4, 0.5) is 4.79 Å². The van der Waals surface area contributed by atoms with Gasteiger partial charge in [0.05, 0.1) is 12.6 Å². The van der Waals surface area contributed by atoms with Crippen LogP contribution in [-0.4, -0.2) is 34.4 Å². The van der Waals surface area contributed by atoms with E-state index in [1.54, 1.807) is 20.8 Å². The van der Waals surface area contributed by atoms with Gasteiger partial charge >= 0.3 is 6.09 Å². The molecule has 0 spiro atoms. The van der Waals surface area contributed by atoms with E-state index >= 15 is 0 Å². The summed E-state index contributed by atoms with van der Waals surface area (Å²) in [5.74, 6) is 0. The molecule has 1 amide bonds. The van der Waals surface area contributed by atoms with Crippen LogP contribution in [0, 0.1) is 0 Å². The van der Waals surface area contributed by atoms with Gasteiger partial charge in [-0.15, -0.1) is 0 Å². The lowest BCUT2D eigenvalue weighted by molar-refractivity contribution is 0.0483. The second kappa shape index (κ2) is 6.18. The van der Waals surface area contributed by atoms with E-state index in [1.165, 1.54) is 0 Å². The number of rotatable bonds is 4. The Balaban J connectivity index is 2.04. The Morgan fingerprint density at radius 1 is 1.38 bits per heavy atom. The molecule has 114 valence electrons. The number of aliphatic hydroxyl groups excluding tert-OH is 1. The summed E-state index contributed by atoms with van der Waals surface area (Å²) >= 11 is 0. The fourth-order valence-corrected chi connectivity index (χ4v) is 2.20. The van der Waals surface area contributed by atoms with E-state index in [4.69, 9.17) is 4.74 Å². The first-order chi connectivity index (χ1) is 9.89. The number of alkyl carbamates (subject to hydrolysis) is 1. The van der Waals surface area contributed by atoms with Crippen LogP contribution in [0.1, 0.15) is 26.3 Å². The number of aromatic amines is 1. The number of benzene rings is 1. The van der Waals surface area contributed by atoms with Gasteiger partial charge in [0, 0.05) is 17.1 Å². The monoisotopic (exact) mass is 290 g/mol. The van der Waals surface area contributed by atoms with Crippen molar-refractivity contribution in [2.75, 3.05) is 6.61 Å². The zero-order chi connectivity index (χ0) is 15.5. The maximum absolute atomic E-state index is 11.8. The number of H-pyrrole nitrogens is 1. The number of nitrogens with one attached hydrogen (secondary N) is 2. The van der Waals surface area contributed by atoms with Gasteiger partial charge in [-0.1, -0.05) is 18.2 Å². The van der Waals surface area contributed by atoms with Crippen LogP contribution < -0.4 is 5.32 Å². The van der Waals surface area contributed by atoms with Gasteiger partial charge in [0.15, 0.2) is 0 Å². The molecule has 1 aromatic carbocycles. The predicted molar refractivity (Wildman–Crippen MR) is 82.2 cm³/mol. The molecule has 1 aromatic heterocycles. The Morgan fingerprint density at radius 2 is 2.10 bits per heavy atom. The third-order valence-electron chi connectivity index (χ3n) is 3.08. The molecule has 0 unspecified atom stereocenters. The lowest BCUT2D eigenvalue weighted by Crippen LogP contribution is -2.42. The molecular weight excluding hydrogens is 268 g/mol. The Morgan fingerprint density at radius 3 is 2.76 bits per heavy atom. The van der Waals surface area contributed by atoms with E-state index in [-0.39, 0.29) is 12.6 Å². The van der Waals surface area contributed by atoms with Gasteiger partial charge in [0.25, 0.3) is 0 Å². The third kappa shape index (κ3) is 4.23. The molecule has 1 atom stereocenters. The summed E-state index contributed by atoms with van der Waals surface area (Å²) in [5, 5.41) is 13.3. The summed E-state index contributed by atoms with van der Waals surface area (Å²) < 4.78 is 5.21. The first kappa shape index (κ1) is 15.4. The minimum absolute atomic E-state index is 0.140. The summed E-state index contributed by atoms with van der Waals surface area (Å²) in [5.41, 5.74) is 1.55. The maximum Gasteiger partial charge on any atom is 0.407 e. The van der Waals surface area contributed by atoms with Crippen LogP contribution >= 0.6 is 0 Å². The van der Waals surface area contributed by atoms with Gasteiger partial charge in [-0.2, -0.15) is 0 Å². The van der Waals surface area contributed by atoms with Crippen molar-refractivity contribution >= 4 is 17.0 Å². The molecular formula is C16H22N2O3. The largest absolute Gasteiger partial charge is 0.444 e. The quantitative estimate of drug-likeness (QED) is 0.810. The van der Waals surface area contributed by atoms with Crippen LogP contribution in [0.25, 0.3) is 10.9 Å². The number of ether oxygens (including phenoxy) is 1. The molecule has 0 aliphatic rings. The topological polar surface area (TPSA) is 74.3 Å². The highest BCUT2D eigenvalue weighted by atomic mass is 16.6. The maximum atomic E-state index is 11.8. The van der Waals surface area contributed by atoms with E-state index in [0.717, 1.165) is 16.5 Å². The van der Waals surface area contributed by atoms with Gasteiger partial charge in [-0.25, -0.2) is 4.79 Å². The smallest absolute Gasteiger partial charge is 0.407 e. The average molecular weight is 290 g/mol. The van der Waals surface area contributed by atoms with E-state index in [1.807, 2.05) is 30.5 Å². The number of fused-ring (bicyclic) bond motifs is 1. The summed E-state index contributed by atoms with van der Waals surface area (Å²) in [6.07, 6.45) is 1.94. The van der Waals surface area contributed by atoms with Gasteiger partial charge in [0.2, 0.25) is 0 Å². The first-order valence-electron chi connectivity index (χ1n) is 7.04. The van der Waals surface area contributed by atoms with Crippen LogP contribution in [0.15, 0.2) is 30.5 Å². The number of para-hydroxylation sites is 1. The molecule has 5 heteroatoms. The van der Waals surface area contributed by atoms with Crippen LogP contribution in [0.3, 0.4) is 0 Å². The van der Waals surface area contributed by atoms with Gasteiger partial charge < -0.3 is 20.1 Å². The Bertz CT molecular complexity index is 613. The number of aliphatic hydroxyl groups is 1. The molecule has 21 heavy (non-hydrogen) atoms. The van der Waals surface area contributed by atoms with Crippen molar-refractivity contribution in [2.24, 2.45) is 0 Å². The third-order valence-corrected chi connectivity index (χ3v) is 3.08. The molecule has 0 aliphatic heterocycles. The lowest BCUT2D eigenvalue weighted by atomic mass is 10.1. The Kier molecular flexibility index (Phi) is 4.53. The average Bonchev–Trinajstić information content (AvgIpc) is 2.79. The molecule has 0 saturated heterocycles. The molecule has 1 heterocycles. The SMILES string of the molecule is CC(C)(C)OC(=O)N[C@H](CO)Cc1c[nH]c2ccccc12. The van der Waals surface area contributed by atoms with E-state index in [0.29, 0.717) is 6.42 Å². The van der Waals surface area contributed by atoms with Crippen molar-refractivity contribution in [1.82, 2.24) is 10.3 Å². The molecule has 5 nitrogen and oxygen atoms in total. The van der Waals surface area contributed by atoms with Crippen LogP contribution in [-0.2, 0) is 11.2 Å². The summed E-state index contributed by atoms with van der Waals surface area (Å²) in [6.45, 7) is 5.28. The summed E-state index contributed by atoms with van der Waals surface area (Å²) in [4.78, 5) is 15.0. The van der Waals surface area contributed by atoms with Gasteiger partial charge in [-0.3, -0.25) is 0 Å². The number of hydrogen-bond acceptors (Lipinski definition) is 3. The second-order valence-electron chi connectivity index (χ2n) is 6.09.